The highest BCUT2D eigenvalue weighted by molar-refractivity contribution is 5.79. The fraction of sp³-hybridized carbons (Fsp3) is 0.417. The van der Waals surface area contributed by atoms with Crippen LogP contribution in [0.4, 0.5) is 0 Å². The monoisotopic (exact) mass is 222 g/mol. The molecular weight excluding hydrogens is 204 g/mol. The molecule has 4 nitrogen and oxygen atoms in total. The molecule has 0 fully saturated rings. The number of ether oxygens (including phenoxy) is 2. The molecule has 1 rings (SSSR count). The summed E-state index contributed by atoms with van der Waals surface area (Å²) in [4.78, 5) is 0. The van der Waals surface area contributed by atoms with Crippen molar-refractivity contribution in [2.45, 2.75) is 13.5 Å². The molecule has 0 aliphatic heterocycles. The smallest absolute Gasteiger partial charge is 0.118 e. The Bertz CT molecular complexity index is 335. The lowest BCUT2D eigenvalue weighted by Crippen LogP contribution is -2.23. The van der Waals surface area contributed by atoms with E-state index in [2.05, 4.69) is 0 Å². The van der Waals surface area contributed by atoms with Crippen molar-refractivity contribution in [3.05, 3.63) is 29.8 Å². The quantitative estimate of drug-likeness (QED) is 0.569. The summed E-state index contributed by atoms with van der Waals surface area (Å²) in [5, 5.41) is 7.22. The number of methoxy groups -OCH3 is 1. The number of hydrogen-bond donors (Lipinski definition) is 2. The molecule has 1 aromatic carbocycles. The van der Waals surface area contributed by atoms with Crippen LogP contribution in [-0.4, -0.2) is 19.6 Å². The summed E-state index contributed by atoms with van der Waals surface area (Å²) in [6, 6.07) is 7.70. The van der Waals surface area contributed by atoms with Crippen molar-refractivity contribution in [1.29, 1.82) is 5.41 Å². The molecule has 1 atom stereocenters. The number of benzene rings is 1. The predicted octanol–water partition coefficient (Wildman–Crippen LogP) is 1.78. The van der Waals surface area contributed by atoms with Crippen molar-refractivity contribution in [1.82, 2.24) is 0 Å². The van der Waals surface area contributed by atoms with Gasteiger partial charge in [-0.05, 0) is 17.7 Å². The molecule has 0 bridgehead atoms. The molecule has 3 N–H and O–H groups in total. The second-order valence-corrected chi connectivity index (χ2v) is 3.72. The molecule has 16 heavy (non-hydrogen) atoms. The van der Waals surface area contributed by atoms with E-state index in [4.69, 9.17) is 20.6 Å². The van der Waals surface area contributed by atoms with Crippen LogP contribution in [0, 0.1) is 11.3 Å². The van der Waals surface area contributed by atoms with E-state index < -0.39 is 0 Å². The minimum Gasteiger partial charge on any atom is -0.497 e. The summed E-state index contributed by atoms with van der Waals surface area (Å²) in [7, 11) is 1.64. The lowest BCUT2D eigenvalue weighted by Gasteiger charge is -2.10. The Kier molecular flexibility index (Phi) is 4.79. The fourth-order valence-corrected chi connectivity index (χ4v) is 1.17. The molecule has 0 aromatic heterocycles. The Morgan fingerprint density at radius 3 is 2.50 bits per heavy atom. The van der Waals surface area contributed by atoms with Crippen LogP contribution < -0.4 is 10.5 Å². The van der Waals surface area contributed by atoms with Gasteiger partial charge in [0.05, 0.1) is 26.2 Å². The minimum absolute atomic E-state index is 0.0294. The van der Waals surface area contributed by atoms with Gasteiger partial charge in [0.1, 0.15) is 5.75 Å². The van der Waals surface area contributed by atoms with Gasteiger partial charge in [-0.2, -0.15) is 0 Å². The Hall–Kier alpha value is -1.55. The van der Waals surface area contributed by atoms with Crippen molar-refractivity contribution < 1.29 is 9.47 Å². The van der Waals surface area contributed by atoms with E-state index >= 15 is 0 Å². The molecule has 1 unspecified atom stereocenters. The number of hydrogen-bond acceptors (Lipinski definition) is 3. The number of rotatable bonds is 6. The van der Waals surface area contributed by atoms with Crippen molar-refractivity contribution in [3.63, 3.8) is 0 Å². The molecule has 4 heteroatoms. The molecule has 0 radical (unpaired) electrons. The van der Waals surface area contributed by atoms with Gasteiger partial charge in [0.2, 0.25) is 0 Å². The Morgan fingerprint density at radius 1 is 1.38 bits per heavy atom. The third-order valence-corrected chi connectivity index (χ3v) is 2.33. The molecule has 0 spiro atoms. The van der Waals surface area contributed by atoms with Crippen LogP contribution in [0.3, 0.4) is 0 Å². The SMILES string of the molecule is COc1ccc(COCC(C)C(=N)N)cc1. The van der Waals surface area contributed by atoms with Gasteiger partial charge >= 0.3 is 0 Å². The Labute approximate surface area is 95.9 Å². The Balaban J connectivity index is 2.34. The highest BCUT2D eigenvalue weighted by Crippen LogP contribution is 2.12. The molecule has 0 heterocycles. The van der Waals surface area contributed by atoms with Gasteiger partial charge in [-0.3, -0.25) is 5.41 Å². The van der Waals surface area contributed by atoms with E-state index in [1.54, 1.807) is 7.11 Å². The maximum absolute atomic E-state index is 7.22. The second-order valence-electron chi connectivity index (χ2n) is 3.72. The third kappa shape index (κ3) is 3.90. The van der Waals surface area contributed by atoms with Gasteiger partial charge in [-0.25, -0.2) is 0 Å². The first-order valence-electron chi connectivity index (χ1n) is 5.18. The van der Waals surface area contributed by atoms with Crippen molar-refractivity contribution in [2.24, 2.45) is 11.7 Å². The van der Waals surface area contributed by atoms with E-state index in [1.807, 2.05) is 31.2 Å². The van der Waals surface area contributed by atoms with Gasteiger partial charge in [0.15, 0.2) is 0 Å². The van der Waals surface area contributed by atoms with Crippen LogP contribution in [0.1, 0.15) is 12.5 Å². The third-order valence-electron chi connectivity index (χ3n) is 2.33. The largest absolute Gasteiger partial charge is 0.497 e. The normalized spacial score (nSPS) is 12.1. The first kappa shape index (κ1) is 12.5. The predicted molar refractivity (Wildman–Crippen MR) is 63.7 cm³/mol. The van der Waals surface area contributed by atoms with E-state index in [9.17, 15) is 0 Å². The molecule has 88 valence electrons. The van der Waals surface area contributed by atoms with E-state index in [1.165, 1.54) is 0 Å². The summed E-state index contributed by atoms with van der Waals surface area (Å²) >= 11 is 0. The molecule has 0 aliphatic carbocycles. The molecule has 0 aliphatic rings. The molecule has 0 saturated carbocycles. The van der Waals surface area contributed by atoms with Crippen LogP contribution in [0.25, 0.3) is 0 Å². The maximum Gasteiger partial charge on any atom is 0.118 e. The van der Waals surface area contributed by atoms with Crippen LogP contribution in [0.15, 0.2) is 24.3 Å². The Morgan fingerprint density at radius 2 is 2.00 bits per heavy atom. The summed E-state index contributed by atoms with van der Waals surface area (Å²) in [6.07, 6.45) is 0. The van der Waals surface area contributed by atoms with Crippen LogP contribution in [-0.2, 0) is 11.3 Å². The van der Waals surface area contributed by atoms with Gasteiger partial charge in [0, 0.05) is 5.92 Å². The summed E-state index contributed by atoms with van der Waals surface area (Å²) < 4.78 is 10.5. The minimum atomic E-state index is -0.0294. The zero-order valence-electron chi connectivity index (χ0n) is 9.69. The molecule has 0 saturated heterocycles. The number of nitrogens with one attached hydrogen (secondary N) is 1. The zero-order chi connectivity index (χ0) is 12.0. The molecule has 0 amide bonds. The fourth-order valence-electron chi connectivity index (χ4n) is 1.17. The number of nitrogens with two attached hydrogens (primary N) is 1. The van der Waals surface area contributed by atoms with E-state index in [0.29, 0.717) is 13.2 Å². The van der Waals surface area contributed by atoms with E-state index in [-0.39, 0.29) is 11.8 Å². The molecular formula is C12H18N2O2. The van der Waals surface area contributed by atoms with E-state index in [0.717, 1.165) is 11.3 Å². The van der Waals surface area contributed by atoms with Gasteiger partial charge in [-0.15, -0.1) is 0 Å². The van der Waals surface area contributed by atoms with Crippen LogP contribution in [0.2, 0.25) is 0 Å². The topological polar surface area (TPSA) is 68.3 Å². The first-order valence-corrected chi connectivity index (χ1v) is 5.18. The van der Waals surface area contributed by atoms with Gasteiger partial charge in [0.25, 0.3) is 0 Å². The lowest BCUT2D eigenvalue weighted by molar-refractivity contribution is 0.107. The standard InChI is InChI=1S/C12H18N2O2/c1-9(12(13)14)7-16-8-10-3-5-11(15-2)6-4-10/h3-6,9H,7-8H2,1-2H3,(H3,13,14). The maximum atomic E-state index is 7.22. The van der Waals surface area contributed by atoms with Crippen molar-refractivity contribution in [2.75, 3.05) is 13.7 Å². The van der Waals surface area contributed by atoms with Gasteiger partial charge < -0.3 is 15.2 Å². The van der Waals surface area contributed by atoms with Crippen LogP contribution in [0.5, 0.6) is 5.75 Å². The average molecular weight is 222 g/mol. The number of amidine groups is 1. The van der Waals surface area contributed by atoms with Crippen LogP contribution >= 0.6 is 0 Å². The zero-order valence-corrected chi connectivity index (χ0v) is 9.69. The van der Waals surface area contributed by atoms with Gasteiger partial charge in [-0.1, -0.05) is 19.1 Å². The average Bonchev–Trinajstić information content (AvgIpc) is 2.29. The summed E-state index contributed by atoms with van der Waals surface area (Å²) in [5.74, 6) is 0.967. The van der Waals surface area contributed by atoms with Crippen molar-refractivity contribution >= 4 is 5.84 Å². The summed E-state index contributed by atoms with van der Waals surface area (Å²) in [5.41, 5.74) is 6.42. The highest BCUT2D eigenvalue weighted by Gasteiger charge is 2.04. The lowest BCUT2D eigenvalue weighted by atomic mass is 10.2. The summed E-state index contributed by atoms with van der Waals surface area (Å²) in [6.45, 7) is 2.87. The molecule has 1 aromatic rings. The highest BCUT2D eigenvalue weighted by atomic mass is 16.5. The first-order chi connectivity index (χ1) is 7.63. The second kappa shape index (κ2) is 6.12. The van der Waals surface area contributed by atoms with Crippen molar-refractivity contribution in [3.8, 4) is 5.75 Å².